The molecule has 4 aromatic heterocycles. The molecule has 11 nitrogen and oxygen atoms in total. The zero-order valence-electron chi connectivity index (χ0n) is 25.1. The Balaban J connectivity index is 0.000000245. The summed E-state index contributed by atoms with van der Waals surface area (Å²) in [5.41, 5.74) is 3.36. The van der Waals surface area contributed by atoms with E-state index in [0.29, 0.717) is 22.2 Å². The van der Waals surface area contributed by atoms with Crippen molar-refractivity contribution in [2.24, 2.45) is 0 Å². The third-order valence-corrected chi connectivity index (χ3v) is 7.18. The van der Waals surface area contributed by atoms with E-state index in [1.54, 1.807) is 18.5 Å². The van der Waals surface area contributed by atoms with Gasteiger partial charge in [-0.1, -0.05) is 35.3 Å². The fraction of sp³-hybridized carbons (Fsp3) is 0.0909. The summed E-state index contributed by atoms with van der Waals surface area (Å²) in [7, 11) is 1.30. The number of fused-ring (bicyclic) bond motifs is 2. The molecule has 234 valence electrons. The first-order valence-corrected chi connectivity index (χ1v) is 14.2. The van der Waals surface area contributed by atoms with Crippen molar-refractivity contribution in [1.82, 2.24) is 19.1 Å². The molecule has 0 radical (unpaired) electrons. The van der Waals surface area contributed by atoms with E-state index in [1.807, 2.05) is 42.5 Å². The standard InChI is InChI=1S/C17H13ClN2O3.C16H11ClN2O3.Li.H2O/c1-23-17(22)12-3-5-16(21)20(10-12)9-11-2-4-15-13(6-11)7-14(18)8-19-15;17-13-6-12-5-10(1-3-14(12)18-7-13)8-19-9-11(16(21)22)2-4-15(19)20;;/h2-8,10H,9H2,1H3;1-7,9H,8H2,(H,21,22);;1H2/q;;+1;/p-1. The number of esters is 1. The van der Waals surface area contributed by atoms with Crippen molar-refractivity contribution in [3.05, 3.63) is 151 Å². The molecule has 0 amide bonds. The van der Waals surface area contributed by atoms with E-state index in [2.05, 4.69) is 14.7 Å². The largest absolute Gasteiger partial charge is 1.00 e. The molecule has 0 saturated carbocycles. The third-order valence-electron chi connectivity index (χ3n) is 6.77. The van der Waals surface area contributed by atoms with Gasteiger partial charge in [-0.3, -0.25) is 19.6 Å². The molecule has 0 fully saturated rings. The normalized spacial score (nSPS) is 10.3. The zero-order valence-corrected chi connectivity index (χ0v) is 26.6. The second kappa shape index (κ2) is 16.2. The molecule has 0 unspecified atom stereocenters. The van der Waals surface area contributed by atoms with Gasteiger partial charge < -0.3 is 24.5 Å². The molecule has 2 N–H and O–H groups in total. The topological polar surface area (TPSA) is 163 Å². The Morgan fingerprint density at radius 2 is 1.17 bits per heavy atom. The predicted octanol–water partition coefficient (Wildman–Crippen LogP) is 2.51. The maximum atomic E-state index is 12.0. The van der Waals surface area contributed by atoms with Crippen molar-refractivity contribution in [3.8, 4) is 0 Å². The minimum atomic E-state index is -1.07. The number of ether oxygens (including phenoxy) is 1. The first-order chi connectivity index (χ1) is 21.6. The summed E-state index contributed by atoms with van der Waals surface area (Å²) >= 11 is 11.9. The first kappa shape index (κ1) is 36.7. The number of nitrogens with zero attached hydrogens (tertiary/aromatic N) is 4. The minimum Gasteiger partial charge on any atom is -0.870 e. The number of hydrogen-bond donors (Lipinski definition) is 1. The fourth-order valence-electron chi connectivity index (χ4n) is 4.57. The monoisotopic (exact) mass is 666 g/mol. The van der Waals surface area contributed by atoms with E-state index in [4.69, 9.17) is 28.3 Å². The van der Waals surface area contributed by atoms with E-state index in [9.17, 15) is 19.2 Å². The molecule has 0 aliphatic carbocycles. The van der Waals surface area contributed by atoms with Crippen LogP contribution in [0.4, 0.5) is 0 Å². The Labute approximate surface area is 289 Å². The molecule has 47 heavy (non-hydrogen) atoms. The summed E-state index contributed by atoms with van der Waals surface area (Å²) in [5, 5.41) is 11.9. The second-order valence-electron chi connectivity index (χ2n) is 9.93. The van der Waals surface area contributed by atoms with Crippen LogP contribution in [-0.4, -0.2) is 48.7 Å². The van der Waals surface area contributed by atoms with Crippen molar-refractivity contribution in [3.63, 3.8) is 0 Å². The average Bonchev–Trinajstić information content (AvgIpc) is 3.02. The molecule has 0 atom stereocenters. The van der Waals surface area contributed by atoms with Gasteiger partial charge in [-0.05, 0) is 59.7 Å². The number of pyridine rings is 4. The summed E-state index contributed by atoms with van der Waals surface area (Å²) in [4.78, 5) is 54.8. The number of benzene rings is 2. The molecule has 6 rings (SSSR count). The quantitative estimate of drug-likeness (QED) is 0.208. The van der Waals surface area contributed by atoms with Crippen LogP contribution in [0.3, 0.4) is 0 Å². The Morgan fingerprint density at radius 1 is 0.723 bits per heavy atom. The van der Waals surface area contributed by atoms with Crippen LogP contribution >= 0.6 is 23.2 Å². The van der Waals surface area contributed by atoms with Gasteiger partial charge in [-0.25, -0.2) is 9.59 Å². The first-order valence-electron chi connectivity index (χ1n) is 13.4. The molecule has 14 heteroatoms. The predicted molar refractivity (Wildman–Crippen MR) is 173 cm³/mol. The molecule has 4 heterocycles. The third kappa shape index (κ3) is 9.16. The Morgan fingerprint density at radius 3 is 1.62 bits per heavy atom. The number of rotatable bonds is 6. The summed E-state index contributed by atoms with van der Waals surface area (Å²) in [6, 6.07) is 20.2. The molecular weight excluding hydrogens is 642 g/mol. The Hall–Kier alpha value is -4.76. The van der Waals surface area contributed by atoms with Crippen LogP contribution in [0.1, 0.15) is 31.8 Å². The Kier molecular flexibility index (Phi) is 12.6. The maximum absolute atomic E-state index is 12.0. The van der Waals surface area contributed by atoms with Crippen LogP contribution < -0.4 is 30.0 Å². The van der Waals surface area contributed by atoms with E-state index >= 15 is 0 Å². The van der Waals surface area contributed by atoms with Gasteiger partial charge in [0.05, 0.1) is 52.4 Å². The SMILES string of the molecule is COC(=O)c1ccc(=O)n(Cc2ccc3ncc(Cl)cc3c2)c1.O=C(O)c1ccc(=O)n(Cc2ccc3ncc(Cl)cc3c2)c1.[Li+].[OH-]. The molecule has 6 aromatic rings. The number of aromatic carboxylic acids is 1. The fourth-order valence-corrected chi connectivity index (χ4v) is 4.91. The van der Waals surface area contributed by atoms with Gasteiger partial charge >= 0.3 is 30.8 Å². The van der Waals surface area contributed by atoms with E-state index in [-0.39, 0.29) is 47.6 Å². The number of carbonyl (C=O) groups excluding carboxylic acids is 1. The van der Waals surface area contributed by atoms with Crippen LogP contribution in [0.25, 0.3) is 21.8 Å². The summed E-state index contributed by atoms with van der Waals surface area (Å²) in [5.74, 6) is -1.54. The average molecular weight is 667 g/mol. The van der Waals surface area contributed by atoms with Crippen molar-refractivity contribution >= 4 is 56.9 Å². The van der Waals surface area contributed by atoms with Gasteiger partial charge in [-0.2, -0.15) is 0 Å². The minimum absolute atomic E-state index is 0. The number of carboxylic acids is 1. The number of halogens is 2. The molecule has 0 spiro atoms. The summed E-state index contributed by atoms with van der Waals surface area (Å²) < 4.78 is 7.50. The van der Waals surface area contributed by atoms with Gasteiger partial charge in [0, 0.05) is 47.7 Å². The van der Waals surface area contributed by atoms with Crippen molar-refractivity contribution in [2.75, 3.05) is 7.11 Å². The molecule has 0 bridgehead atoms. The van der Waals surface area contributed by atoms with Crippen molar-refractivity contribution in [2.45, 2.75) is 13.1 Å². The maximum Gasteiger partial charge on any atom is 1.00 e. The van der Waals surface area contributed by atoms with Crippen LogP contribution in [0.15, 0.2) is 107 Å². The molecule has 0 aliphatic heterocycles. The van der Waals surface area contributed by atoms with Crippen LogP contribution in [0, 0.1) is 0 Å². The van der Waals surface area contributed by atoms with Crippen molar-refractivity contribution < 1.29 is 43.8 Å². The number of carboxylic acid groups (broad SMARTS) is 1. The number of hydrogen-bond acceptors (Lipinski definition) is 8. The van der Waals surface area contributed by atoms with Crippen LogP contribution in [-0.2, 0) is 17.8 Å². The summed E-state index contributed by atoms with van der Waals surface area (Å²) in [6.45, 7) is 0.620. The van der Waals surface area contributed by atoms with E-state index in [1.165, 1.54) is 52.9 Å². The van der Waals surface area contributed by atoms with E-state index in [0.717, 1.165) is 32.9 Å². The number of aromatic nitrogens is 4. The van der Waals surface area contributed by atoms with Gasteiger partial charge in [0.25, 0.3) is 11.1 Å². The van der Waals surface area contributed by atoms with Gasteiger partial charge in [0.1, 0.15) is 0 Å². The van der Waals surface area contributed by atoms with Gasteiger partial charge in [0.15, 0.2) is 0 Å². The zero-order chi connectivity index (χ0) is 32.1. The van der Waals surface area contributed by atoms with Gasteiger partial charge in [-0.15, -0.1) is 0 Å². The summed E-state index contributed by atoms with van der Waals surface area (Å²) in [6.07, 6.45) is 6.00. The number of methoxy groups -OCH3 is 1. The smallest absolute Gasteiger partial charge is 0.870 e. The molecule has 0 saturated heterocycles. The molecular formula is C33H25Cl2LiN4O7. The molecule has 2 aromatic carbocycles. The molecule has 0 aliphatic rings. The van der Waals surface area contributed by atoms with E-state index < -0.39 is 11.9 Å². The number of carbonyl (C=O) groups is 2. The Bertz CT molecular complexity index is 2210. The van der Waals surface area contributed by atoms with Crippen molar-refractivity contribution in [1.29, 1.82) is 0 Å². The van der Waals surface area contributed by atoms with Crippen LogP contribution in [0.2, 0.25) is 10.0 Å². The second-order valence-corrected chi connectivity index (χ2v) is 10.8. The van der Waals surface area contributed by atoms with Crippen LogP contribution in [0.5, 0.6) is 0 Å². The van der Waals surface area contributed by atoms with Gasteiger partial charge in [0.2, 0.25) is 0 Å².